The van der Waals surface area contributed by atoms with Crippen molar-refractivity contribution in [2.75, 3.05) is 5.32 Å². The van der Waals surface area contributed by atoms with Gasteiger partial charge in [-0.2, -0.15) is 0 Å². The number of hydrogen-bond acceptors (Lipinski definition) is 3. The lowest BCUT2D eigenvalue weighted by Gasteiger charge is -2.14. The zero-order valence-electron chi connectivity index (χ0n) is 12.4. The van der Waals surface area contributed by atoms with Crippen molar-refractivity contribution < 1.29 is 0 Å². The van der Waals surface area contributed by atoms with E-state index < -0.39 is 0 Å². The average molecular weight is 274 g/mol. The van der Waals surface area contributed by atoms with Crippen molar-refractivity contribution in [3.05, 3.63) is 40.4 Å². The zero-order chi connectivity index (χ0) is 14.0. The topological polar surface area (TPSA) is 24.9 Å². The van der Waals surface area contributed by atoms with Gasteiger partial charge in [-0.3, -0.25) is 0 Å². The Morgan fingerprint density at radius 3 is 2.58 bits per heavy atom. The fourth-order valence-corrected chi connectivity index (χ4v) is 2.94. The number of nitrogens with zero attached hydrogens (tertiary/aromatic N) is 1. The lowest BCUT2D eigenvalue weighted by atomic mass is 9.93. The molecule has 1 aromatic carbocycles. The first-order valence-electron chi connectivity index (χ1n) is 6.73. The van der Waals surface area contributed by atoms with Crippen LogP contribution in [0.25, 0.3) is 0 Å². The van der Waals surface area contributed by atoms with E-state index in [1.165, 1.54) is 11.1 Å². The highest BCUT2D eigenvalue weighted by atomic mass is 32.1. The fraction of sp³-hybridized carbons (Fsp3) is 0.438. The molecule has 0 aliphatic carbocycles. The Hall–Kier alpha value is -1.35. The van der Waals surface area contributed by atoms with Crippen molar-refractivity contribution in [2.24, 2.45) is 0 Å². The molecular formula is C16H22N2S. The second-order valence-corrected chi connectivity index (χ2v) is 6.71. The number of anilines is 2. The quantitative estimate of drug-likeness (QED) is 0.846. The van der Waals surface area contributed by atoms with E-state index in [2.05, 4.69) is 68.5 Å². The van der Waals surface area contributed by atoms with E-state index in [0.717, 1.165) is 22.9 Å². The third-order valence-electron chi connectivity index (χ3n) is 3.34. The monoisotopic (exact) mass is 274 g/mol. The van der Waals surface area contributed by atoms with Gasteiger partial charge in [-0.25, -0.2) is 4.98 Å². The predicted molar refractivity (Wildman–Crippen MR) is 84.7 cm³/mol. The Kier molecular flexibility index (Phi) is 3.95. The minimum atomic E-state index is 0.108. The summed E-state index contributed by atoms with van der Waals surface area (Å²) in [6, 6.07) is 6.40. The van der Waals surface area contributed by atoms with Gasteiger partial charge in [-0.05, 0) is 30.5 Å². The van der Waals surface area contributed by atoms with Crippen LogP contribution in [0.4, 0.5) is 10.8 Å². The third-order valence-corrected chi connectivity index (χ3v) is 4.10. The van der Waals surface area contributed by atoms with E-state index in [9.17, 15) is 0 Å². The number of hydrogen-bond donors (Lipinski definition) is 1. The van der Waals surface area contributed by atoms with Gasteiger partial charge in [0.1, 0.15) is 0 Å². The van der Waals surface area contributed by atoms with Crippen molar-refractivity contribution in [3.8, 4) is 0 Å². The maximum atomic E-state index is 4.68. The first-order chi connectivity index (χ1) is 8.91. The molecule has 1 heterocycles. The summed E-state index contributed by atoms with van der Waals surface area (Å²) < 4.78 is 0. The van der Waals surface area contributed by atoms with E-state index >= 15 is 0 Å². The highest BCUT2D eigenvalue weighted by Gasteiger charge is 2.17. The van der Waals surface area contributed by atoms with Crippen LogP contribution >= 0.6 is 11.3 Å². The van der Waals surface area contributed by atoms with E-state index in [-0.39, 0.29) is 5.41 Å². The van der Waals surface area contributed by atoms with Crippen molar-refractivity contribution in [1.29, 1.82) is 0 Å². The van der Waals surface area contributed by atoms with E-state index in [1.54, 1.807) is 11.3 Å². The van der Waals surface area contributed by atoms with E-state index in [1.807, 2.05) is 0 Å². The summed E-state index contributed by atoms with van der Waals surface area (Å²) in [6.45, 7) is 10.9. The lowest BCUT2D eigenvalue weighted by Crippen LogP contribution is -2.11. The number of nitrogens with one attached hydrogen (secondary N) is 1. The summed E-state index contributed by atoms with van der Waals surface area (Å²) in [5, 5.41) is 6.56. The molecule has 0 aliphatic heterocycles. The van der Waals surface area contributed by atoms with Crippen LogP contribution in [0, 0.1) is 6.92 Å². The molecule has 0 bridgehead atoms. The third kappa shape index (κ3) is 3.16. The molecule has 0 amide bonds. The Morgan fingerprint density at radius 2 is 2.00 bits per heavy atom. The molecule has 2 aromatic rings. The van der Waals surface area contributed by atoms with Crippen LogP contribution in [0.15, 0.2) is 23.6 Å². The van der Waals surface area contributed by atoms with Gasteiger partial charge in [0.25, 0.3) is 0 Å². The molecule has 1 N–H and O–H groups in total. The Bertz CT molecular complexity index is 564. The van der Waals surface area contributed by atoms with Crippen molar-refractivity contribution in [3.63, 3.8) is 0 Å². The number of thiazole rings is 1. The van der Waals surface area contributed by atoms with Gasteiger partial charge < -0.3 is 5.32 Å². The summed E-state index contributed by atoms with van der Waals surface area (Å²) in [6.07, 6.45) is 1.06. The number of rotatable bonds is 3. The van der Waals surface area contributed by atoms with Gasteiger partial charge >= 0.3 is 0 Å². The van der Waals surface area contributed by atoms with Crippen LogP contribution in [-0.4, -0.2) is 4.98 Å². The Labute approximate surface area is 119 Å². The second kappa shape index (κ2) is 5.33. The van der Waals surface area contributed by atoms with Crippen LogP contribution in [0.5, 0.6) is 0 Å². The number of aromatic nitrogens is 1. The molecule has 0 unspecified atom stereocenters. The molecule has 0 radical (unpaired) electrons. The molecule has 0 atom stereocenters. The van der Waals surface area contributed by atoms with Crippen molar-refractivity contribution in [2.45, 2.75) is 46.5 Å². The van der Waals surface area contributed by atoms with Crippen LogP contribution in [-0.2, 0) is 11.8 Å². The molecule has 1 aromatic heterocycles. The fourth-order valence-electron chi connectivity index (χ4n) is 1.99. The van der Waals surface area contributed by atoms with Crippen LogP contribution in [0.1, 0.15) is 44.5 Å². The lowest BCUT2D eigenvalue weighted by molar-refractivity contribution is 0.573. The highest BCUT2D eigenvalue weighted by molar-refractivity contribution is 7.13. The minimum Gasteiger partial charge on any atom is -0.331 e. The normalized spacial score (nSPS) is 11.6. The molecule has 0 aliphatic rings. The predicted octanol–water partition coefficient (Wildman–Crippen LogP) is 5.06. The van der Waals surface area contributed by atoms with Gasteiger partial charge in [0.15, 0.2) is 5.13 Å². The van der Waals surface area contributed by atoms with Gasteiger partial charge in [0.05, 0.1) is 5.69 Å². The summed E-state index contributed by atoms with van der Waals surface area (Å²) in [5.74, 6) is 0. The molecule has 0 fully saturated rings. The smallest absolute Gasteiger partial charge is 0.187 e. The molecule has 0 spiro atoms. The second-order valence-electron chi connectivity index (χ2n) is 5.86. The maximum absolute atomic E-state index is 4.68. The van der Waals surface area contributed by atoms with Crippen LogP contribution in [0.3, 0.4) is 0 Å². The number of aryl methyl sites for hydroxylation is 1. The zero-order valence-corrected chi connectivity index (χ0v) is 13.2. The first kappa shape index (κ1) is 14.1. The van der Waals surface area contributed by atoms with Crippen molar-refractivity contribution >= 4 is 22.2 Å². The molecule has 2 rings (SSSR count). The Balaban J connectivity index is 2.25. The SMILES string of the molecule is CCc1cccc(Nc2nc(C(C)(C)C)cs2)c1C. The van der Waals surface area contributed by atoms with Gasteiger partial charge in [-0.15, -0.1) is 11.3 Å². The van der Waals surface area contributed by atoms with E-state index in [4.69, 9.17) is 0 Å². The molecule has 0 saturated heterocycles. The summed E-state index contributed by atoms with van der Waals surface area (Å²) in [4.78, 5) is 4.68. The molecule has 102 valence electrons. The highest BCUT2D eigenvalue weighted by Crippen LogP contribution is 2.29. The van der Waals surface area contributed by atoms with Gasteiger partial charge in [0, 0.05) is 16.5 Å². The standard InChI is InChI=1S/C16H22N2S/c1-6-12-8-7-9-13(11(12)2)17-15-18-14(10-19-15)16(3,4)5/h7-10H,6H2,1-5H3,(H,17,18). The summed E-state index contributed by atoms with van der Waals surface area (Å²) in [7, 11) is 0. The molecule has 2 nitrogen and oxygen atoms in total. The summed E-state index contributed by atoms with van der Waals surface area (Å²) in [5.41, 5.74) is 5.12. The molecule has 3 heteroatoms. The van der Waals surface area contributed by atoms with Gasteiger partial charge in [-0.1, -0.05) is 39.8 Å². The average Bonchev–Trinajstić information content (AvgIpc) is 2.80. The molecule has 19 heavy (non-hydrogen) atoms. The number of benzene rings is 1. The van der Waals surface area contributed by atoms with E-state index in [0.29, 0.717) is 0 Å². The van der Waals surface area contributed by atoms with Crippen molar-refractivity contribution in [1.82, 2.24) is 4.98 Å². The minimum absolute atomic E-state index is 0.108. The van der Waals surface area contributed by atoms with Crippen LogP contribution in [0.2, 0.25) is 0 Å². The van der Waals surface area contributed by atoms with Gasteiger partial charge in [0.2, 0.25) is 0 Å². The summed E-state index contributed by atoms with van der Waals surface area (Å²) >= 11 is 1.67. The first-order valence-corrected chi connectivity index (χ1v) is 7.61. The molecule has 0 saturated carbocycles. The molecular weight excluding hydrogens is 252 g/mol. The van der Waals surface area contributed by atoms with Crippen LogP contribution < -0.4 is 5.32 Å². The largest absolute Gasteiger partial charge is 0.331 e. The Morgan fingerprint density at radius 1 is 1.26 bits per heavy atom. The maximum Gasteiger partial charge on any atom is 0.187 e.